The summed E-state index contributed by atoms with van der Waals surface area (Å²) in [6, 6.07) is 14.6. The van der Waals surface area contributed by atoms with Gasteiger partial charge in [-0.3, -0.25) is 14.5 Å². The number of benzene rings is 2. The summed E-state index contributed by atoms with van der Waals surface area (Å²) in [5.41, 5.74) is 0.863. The molecule has 1 aliphatic rings. The molecule has 1 fully saturated rings. The van der Waals surface area contributed by atoms with Crippen molar-refractivity contribution in [2.24, 2.45) is 0 Å². The van der Waals surface area contributed by atoms with Crippen LogP contribution >= 0.6 is 11.8 Å². The lowest BCUT2D eigenvalue weighted by molar-refractivity contribution is -0.137. The van der Waals surface area contributed by atoms with E-state index in [0.29, 0.717) is 11.4 Å². The lowest BCUT2D eigenvalue weighted by Gasteiger charge is -2.25. The monoisotopic (exact) mass is 432 g/mol. The fourth-order valence-electron chi connectivity index (χ4n) is 3.13. The van der Waals surface area contributed by atoms with Crippen molar-refractivity contribution in [1.29, 1.82) is 0 Å². The third kappa shape index (κ3) is 4.06. The van der Waals surface area contributed by atoms with Crippen molar-refractivity contribution < 1.29 is 27.2 Å². The number of furan rings is 1. The average molecular weight is 432 g/mol. The Balaban J connectivity index is 1.58. The first-order valence-electron chi connectivity index (χ1n) is 8.89. The van der Waals surface area contributed by atoms with Gasteiger partial charge in [0.15, 0.2) is 5.76 Å². The maximum absolute atomic E-state index is 12.8. The summed E-state index contributed by atoms with van der Waals surface area (Å²) < 4.78 is 43.6. The fourth-order valence-corrected chi connectivity index (χ4v) is 4.30. The third-order valence-electron chi connectivity index (χ3n) is 4.52. The van der Waals surface area contributed by atoms with Crippen molar-refractivity contribution >= 4 is 35.0 Å². The highest BCUT2D eigenvalue weighted by Crippen LogP contribution is 2.43. The molecule has 1 aromatic heterocycles. The molecule has 0 spiro atoms. The molecule has 3 aromatic rings. The van der Waals surface area contributed by atoms with Crippen molar-refractivity contribution in [1.82, 2.24) is 0 Å². The number of nitrogens with one attached hydrogen (secondary N) is 1. The number of thioether (sulfide) groups is 1. The van der Waals surface area contributed by atoms with Crippen molar-refractivity contribution in [3.8, 4) is 0 Å². The van der Waals surface area contributed by atoms with Gasteiger partial charge in [-0.15, -0.1) is 11.8 Å². The minimum Gasteiger partial charge on any atom is -0.459 e. The maximum Gasteiger partial charge on any atom is 0.416 e. The van der Waals surface area contributed by atoms with Crippen LogP contribution in [0.3, 0.4) is 0 Å². The smallest absolute Gasteiger partial charge is 0.416 e. The second kappa shape index (κ2) is 7.91. The highest BCUT2D eigenvalue weighted by Gasteiger charge is 2.35. The summed E-state index contributed by atoms with van der Waals surface area (Å²) in [5.74, 6) is -0.242. The van der Waals surface area contributed by atoms with Crippen molar-refractivity contribution in [2.75, 3.05) is 16.0 Å². The van der Waals surface area contributed by atoms with Gasteiger partial charge in [-0.25, -0.2) is 0 Å². The zero-order valence-electron chi connectivity index (χ0n) is 15.3. The van der Waals surface area contributed by atoms with Crippen LogP contribution in [0.4, 0.5) is 24.5 Å². The normalized spacial score (nSPS) is 16.7. The van der Waals surface area contributed by atoms with Crippen LogP contribution in [-0.2, 0) is 11.0 Å². The van der Waals surface area contributed by atoms with Crippen LogP contribution in [0.5, 0.6) is 0 Å². The third-order valence-corrected chi connectivity index (χ3v) is 5.73. The Bertz CT molecular complexity index is 1070. The summed E-state index contributed by atoms with van der Waals surface area (Å²) in [4.78, 5) is 26.1. The van der Waals surface area contributed by atoms with E-state index < -0.39 is 23.0 Å². The molecular formula is C21H15F3N2O3S. The Morgan fingerprint density at radius 2 is 1.87 bits per heavy atom. The first-order chi connectivity index (χ1) is 14.3. The molecule has 1 N–H and O–H groups in total. The van der Waals surface area contributed by atoms with Gasteiger partial charge in [-0.05, 0) is 54.1 Å². The van der Waals surface area contributed by atoms with Gasteiger partial charge in [0.05, 0.1) is 17.6 Å². The summed E-state index contributed by atoms with van der Waals surface area (Å²) >= 11 is 1.36. The van der Waals surface area contributed by atoms with E-state index in [1.54, 1.807) is 30.3 Å². The fraction of sp³-hybridized carbons (Fsp3) is 0.143. The minimum absolute atomic E-state index is 0.164. The second-order valence-electron chi connectivity index (χ2n) is 6.53. The average Bonchev–Trinajstić information content (AvgIpc) is 3.38. The summed E-state index contributed by atoms with van der Waals surface area (Å²) in [6.45, 7) is 0. The van der Waals surface area contributed by atoms with Gasteiger partial charge in [-0.1, -0.05) is 12.1 Å². The molecule has 5 nitrogen and oxygen atoms in total. The van der Waals surface area contributed by atoms with Crippen LogP contribution < -0.4 is 10.2 Å². The molecule has 0 aliphatic carbocycles. The number of halogens is 3. The number of anilines is 2. The Hall–Kier alpha value is -3.20. The number of amides is 2. The van der Waals surface area contributed by atoms with Gasteiger partial charge in [-0.2, -0.15) is 13.2 Å². The van der Waals surface area contributed by atoms with Crippen LogP contribution in [0.15, 0.2) is 71.3 Å². The topological polar surface area (TPSA) is 62.6 Å². The van der Waals surface area contributed by atoms with E-state index in [-0.39, 0.29) is 17.4 Å². The van der Waals surface area contributed by atoms with Crippen LogP contribution in [0.1, 0.15) is 27.1 Å². The molecule has 0 bridgehead atoms. The molecule has 0 radical (unpaired) electrons. The van der Waals surface area contributed by atoms with Gasteiger partial charge >= 0.3 is 6.18 Å². The predicted molar refractivity (Wildman–Crippen MR) is 107 cm³/mol. The van der Waals surface area contributed by atoms with Crippen molar-refractivity contribution in [2.45, 2.75) is 11.6 Å². The standard InChI is InChI=1S/C21H15F3N2O3S/c22-21(23,24)14-6-8-16(9-7-14)26-18(27)12-30-20(26)13-3-1-4-15(11-13)25-19(28)17-5-2-10-29-17/h1-11,20H,12H2,(H,25,28)/t20-/m1/s1. The Kier molecular flexibility index (Phi) is 5.29. The highest BCUT2D eigenvalue weighted by atomic mass is 32.2. The molecule has 2 aromatic carbocycles. The van der Waals surface area contributed by atoms with E-state index in [1.807, 2.05) is 0 Å². The van der Waals surface area contributed by atoms with Crippen LogP contribution in [0.25, 0.3) is 0 Å². The zero-order chi connectivity index (χ0) is 21.3. The van der Waals surface area contributed by atoms with E-state index >= 15 is 0 Å². The van der Waals surface area contributed by atoms with Crippen molar-refractivity contribution in [3.05, 3.63) is 83.8 Å². The Labute approximate surface area is 173 Å². The Morgan fingerprint density at radius 3 is 2.53 bits per heavy atom. The number of hydrogen-bond acceptors (Lipinski definition) is 4. The lowest BCUT2D eigenvalue weighted by atomic mass is 10.1. The van der Waals surface area contributed by atoms with Crippen LogP contribution in [0.2, 0.25) is 0 Å². The molecule has 0 unspecified atom stereocenters. The van der Waals surface area contributed by atoms with Crippen molar-refractivity contribution in [3.63, 3.8) is 0 Å². The molecule has 9 heteroatoms. The molecule has 1 saturated heterocycles. The molecule has 1 aliphatic heterocycles. The van der Waals surface area contributed by atoms with E-state index in [9.17, 15) is 22.8 Å². The van der Waals surface area contributed by atoms with Gasteiger partial charge < -0.3 is 9.73 Å². The first kappa shape index (κ1) is 20.1. The van der Waals surface area contributed by atoms with E-state index in [2.05, 4.69) is 5.32 Å². The van der Waals surface area contributed by atoms with Gasteiger partial charge in [0.25, 0.3) is 5.91 Å². The molecule has 30 heavy (non-hydrogen) atoms. The molecule has 154 valence electrons. The number of carbonyl (C=O) groups is 2. The highest BCUT2D eigenvalue weighted by molar-refractivity contribution is 8.00. The number of alkyl halides is 3. The van der Waals surface area contributed by atoms with Gasteiger partial charge in [0, 0.05) is 11.4 Å². The van der Waals surface area contributed by atoms with Gasteiger partial charge in [0.1, 0.15) is 5.37 Å². The lowest BCUT2D eigenvalue weighted by Crippen LogP contribution is -2.28. The summed E-state index contributed by atoms with van der Waals surface area (Å²) in [7, 11) is 0. The maximum atomic E-state index is 12.8. The SMILES string of the molecule is O=C(Nc1cccc([C@H]2SCC(=O)N2c2ccc(C(F)(F)F)cc2)c1)c1ccco1. The first-order valence-corrected chi connectivity index (χ1v) is 9.93. The molecule has 4 rings (SSSR count). The summed E-state index contributed by atoms with van der Waals surface area (Å²) in [6.07, 6.45) is -3.05. The molecule has 2 amide bonds. The minimum atomic E-state index is -4.44. The van der Waals surface area contributed by atoms with Gasteiger partial charge in [0.2, 0.25) is 5.91 Å². The second-order valence-corrected chi connectivity index (χ2v) is 7.60. The number of rotatable bonds is 4. The quantitative estimate of drug-likeness (QED) is 0.605. The summed E-state index contributed by atoms with van der Waals surface area (Å²) in [5, 5.41) is 2.31. The molecular weight excluding hydrogens is 417 g/mol. The molecule has 0 saturated carbocycles. The number of hydrogen-bond donors (Lipinski definition) is 1. The zero-order valence-corrected chi connectivity index (χ0v) is 16.2. The molecule has 1 atom stereocenters. The molecule has 2 heterocycles. The van der Waals surface area contributed by atoms with E-state index in [0.717, 1.165) is 17.7 Å². The van der Waals surface area contributed by atoms with Crippen LogP contribution in [-0.4, -0.2) is 17.6 Å². The number of carbonyl (C=O) groups excluding carboxylic acids is 2. The number of nitrogens with zero attached hydrogens (tertiary/aromatic N) is 1. The Morgan fingerprint density at radius 1 is 1.10 bits per heavy atom. The van der Waals surface area contributed by atoms with E-state index in [1.165, 1.54) is 41.1 Å². The van der Waals surface area contributed by atoms with Crippen LogP contribution in [0, 0.1) is 0 Å². The van der Waals surface area contributed by atoms with E-state index in [4.69, 9.17) is 4.42 Å². The predicted octanol–water partition coefficient (Wildman–Crippen LogP) is 5.33. The largest absolute Gasteiger partial charge is 0.459 e.